The number of hydrogen-bond donors (Lipinski definition) is 1. The lowest BCUT2D eigenvalue weighted by molar-refractivity contribution is 0.759. The molecule has 82 valence electrons. The van der Waals surface area contributed by atoms with Gasteiger partial charge in [0.1, 0.15) is 5.82 Å². The lowest BCUT2D eigenvalue weighted by Crippen LogP contribution is -2.27. The maximum atomic E-state index is 4.70. The third-order valence-electron chi connectivity index (χ3n) is 3.00. The van der Waals surface area contributed by atoms with Crippen LogP contribution in [0.1, 0.15) is 17.7 Å². The third kappa shape index (κ3) is 2.29. The van der Waals surface area contributed by atoms with Crippen molar-refractivity contribution in [1.29, 1.82) is 0 Å². The molecule has 1 aromatic heterocycles. The normalized spacial score (nSPS) is 14.0. The van der Waals surface area contributed by atoms with Crippen LogP contribution in [-0.2, 0) is 12.8 Å². The van der Waals surface area contributed by atoms with Crippen LogP contribution in [0.4, 0.5) is 5.82 Å². The Morgan fingerprint density at radius 1 is 1.40 bits per heavy atom. The Morgan fingerprint density at radius 2 is 2.27 bits per heavy atom. The number of nitrogens with zero attached hydrogens (tertiary/aromatic N) is 2. The van der Waals surface area contributed by atoms with Gasteiger partial charge in [-0.15, -0.1) is 0 Å². The number of aryl methyl sites for hydroxylation is 2. The lowest BCUT2D eigenvalue weighted by atomic mass is 10.2. The molecule has 1 N–H and O–H groups in total. The number of anilines is 1. The van der Waals surface area contributed by atoms with Crippen LogP contribution in [0, 0.1) is 0 Å². The van der Waals surface area contributed by atoms with Crippen LogP contribution < -0.4 is 10.2 Å². The van der Waals surface area contributed by atoms with Gasteiger partial charge in [-0.1, -0.05) is 6.07 Å². The monoisotopic (exact) mass is 205 g/mol. The Hall–Kier alpha value is -1.09. The van der Waals surface area contributed by atoms with Crippen LogP contribution in [-0.4, -0.2) is 32.2 Å². The molecule has 0 aliphatic heterocycles. The summed E-state index contributed by atoms with van der Waals surface area (Å²) in [6, 6.07) is 4.38. The molecular weight excluding hydrogens is 186 g/mol. The van der Waals surface area contributed by atoms with Gasteiger partial charge in [0.05, 0.1) is 0 Å². The van der Waals surface area contributed by atoms with E-state index < -0.39 is 0 Å². The van der Waals surface area contributed by atoms with Gasteiger partial charge in [0.15, 0.2) is 0 Å². The summed E-state index contributed by atoms with van der Waals surface area (Å²) in [5.41, 5.74) is 2.75. The van der Waals surface area contributed by atoms with Gasteiger partial charge in [-0.25, -0.2) is 4.98 Å². The van der Waals surface area contributed by atoms with Crippen molar-refractivity contribution in [1.82, 2.24) is 10.3 Å². The highest BCUT2D eigenvalue weighted by Crippen LogP contribution is 2.22. The van der Waals surface area contributed by atoms with Crippen LogP contribution >= 0.6 is 0 Å². The van der Waals surface area contributed by atoms with E-state index >= 15 is 0 Å². The van der Waals surface area contributed by atoms with Crippen molar-refractivity contribution in [2.24, 2.45) is 0 Å². The zero-order valence-corrected chi connectivity index (χ0v) is 9.58. The zero-order chi connectivity index (χ0) is 10.7. The second-order valence-corrected chi connectivity index (χ2v) is 4.15. The van der Waals surface area contributed by atoms with Crippen LogP contribution in [0.3, 0.4) is 0 Å². The van der Waals surface area contributed by atoms with Crippen LogP contribution in [0.5, 0.6) is 0 Å². The van der Waals surface area contributed by atoms with Crippen molar-refractivity contribution in [3.05, 3.63) is 23.4 Å². The van der Waals surface area contributed by atoms with Gasteiger partial charge < -0.3 is 10.2 Å². The third-order valence-corrected chi connectivity index (χ3v) is 3.00. The first-order valence-electron chi connectivity index (χ1n) is 5.66. The highest BCUT2D eigenvalue weighted by atomic mass is 15.2. The van der Waals surface area contributed by atoms with E-state index in [0.717, 1.165) is 25.3 Å². The summed E-state index contributed by atoms with van der Waals surface area (Å²) in [6.45, 7) is 2.00. The molecule has 0 atom stereocenters. The Kier molecular flexibility index (Phi) is 3.21. The van der Waals surface area contributed by atoms with E-state index in [1.54, 1.807) is 0 Å². The summed E-state index contributed by atoms with van der Waals surface area (Å²) in [5, 5.41) is 3.15. The van der Waals surface area contributed by atoms with Gasteiger partial charge in [-0.2, -0.15) is 0 Å². The van der Waals surface area contributed by atoms with E-state index in [0.29, 0.717) is 0 Å². The highest BCUT2D eigenvalue weighted by Gasteiger charge is 2.13. The quantitative estimate of drug-likeness (QED) is 0.801. The van der Waals surface area contributed by atoms with Crippen LogP contribution in [0.25, 0.3) is 0 Å². The summed E-state index contributed by atoms with van der Waals surface area (Å²) in [7, 11) is 4.07. The number of nitrogens with one attached hydrogen (secondary N) is 1. The van der Waals surface area contributed by atoms with Gasteiger partial charge in [0.25, 0.3) is 0 Å². The number of aromatic nitrogens is 1. The number of pyridine rings is 1. The molecule has 0 spiro atoms. The molecule has 1 aromatic rings. The predicted octanol–water partition coefficient (Wildman–Crippen LogP) is 1.23. The summed E-state index contributed by atoms with van der Waals surface area (Å²) in [6.07, 6.45) is 3.64. The van der Waals surface area contributed by atoms with Gasteiger partial charge in [-0.05, 0) is 37.9 Å². The molecule has 1 aliphatic carbocycles. The topological polar surface area (TPSA) is 28.2 Å². The van der Waals surface area contributed by atoms with E-state index in [2.05, 4.69) is 29.4 Å². The molecule has 1 aliphatic rings. The van der Waals surface area contributed by atoms with E-state index in [9.17, 15) is 0 Å². The van der Waals surface area contributed by atoms with Gasteiger partial charge in [0.2, 0.25) is 0 Å². The molecule has 0 amide bonds. The SMILES string of the molecule is CNCCN(C)c1ccc2c(n1)CCC2. The number of hydrogen-bond acceptors (Lipinski definition) is 3. The molecule has 1 heterocycles. The molecule has 0 unspecified atom stereocenters. The Bertz CT molecular complexity index is 336. The van der Waals surface area contributed by atoms with Crippen molar-refractivity contribution >= 4 is 5.82 Å². The average Bonchev–Trinajstić information content (AvgIpc) is 2.72. The standard InChI is InChI=1S/C12H19N3/c1-13-8-9-15(2)12-7-6-10-4-3-5-11(10)14-12/h6-7,13H,3-5,8-9H2,1-2H3. The molecule has 3 heteroatoms. The first-order valence-corrected chi connectivity index (χ1v) is 5.66. The molecule has 0 radical (unpaired) electrons. The smallest absolute Gasteiger partial charge is 0.128 e. The van der Waals surface area contributed by atoms with Crippen molar-refractivity contribution in [2.45, 2.75) is 19.3 Å². The Labute approximate surface area is 91.5 Å². The lowest BCUT2D eigenvalue weighted by Gasteiger charge is -2.18. The molecule has 0 saturated heterocycles. The summed E-state index contributed by atoms with van der Waals surface area (Å²) < 4.78 is 0. The Morgan fingerprint density at radius 3 is 3.07 bits per heavy atom. The minimum absolute atomic E-state index is 0.995. The van der Waals surface area contributed by atoms with Crippen molar-refractivity contribution in [3.8, 4) is 0 Å². The summed E-state index contributed by atoms with van der Waals surface area (Å²) >= 11 is 0. The van der Waals surface area contributed by atoms with E-state index in [-0.39, 0.29) is 0 Å². The fraction of sp³-hybridized carbons (Fsp3) is 0.583. The summed E-state index contributed by atoms with van der Waals surface area (Å²) in [4.78, 5) is 6.91. The minimum atomic E-state index is 0.995. The molecule has 3 nitrogen and oxygen atoms in total. The van der Waals surface area contributed by atoms with Crippen LogP contribution in [0.2, 0.25) is 0 Å². The van der Waals surface area contributed by atoms with E-state index in [1.165, 1.54) is 24.1 Å². The van der Waals surface area contributed by atoms with Crippen molar-refractivity contribution in [2.75, 3.05) is 32.1 Å². The molecule has 0 fully saturated rings. The molecule has 2 rings (SSSR count). The first kappa shape index (κ1) is 10.4. The maximum Gasteiger partial charge on any atom is 0.128 e. The molecule has 0 saturated carbocycles. The van der Waals surface area contributed by atoms with Crippen LogP contribution in [0.15, 0.2) is 12.1 Å². The molecular formula is C12H19N3. The van der Waals surface area contributed by atoms with Gasteiger partial charge in [0, 0.05) is 25.8 Å². The number of fused-ring (bicyclic) bond motifs is 1. The zero-order valence-electron chi connectivity index (χ0n) is 9.58. The number of likely N-dealkylation sites (N-methyl/N-ethyl adjacent to an activating group) is 2. The van der Waals surface area contributed by atoms with Gasteiger partial charge >= 0.3 is 0 Å². The second-order valence-electron chi connectivity index (χ2n) is 4.15. The average molecular weight is 205 g/mol. The largest absolute Gasteiger partial charge is 0.358 e. The molecule has 0 aromatic carbocycles. The predicted molar refractivity (Wildman–Crippen MR) is 63.5 cm³/mol. The maximum absolute atomic E-state index is 4.70. The number of rotatable bonds is 4. The minimum Gasteiger partial charge on any atom is -0.358 e. The highest BCUT2D eigenvalue weighted by molar-refractivity contribution is 5.42. The summed E-state index contributed by atoms with van der Waals surface area (Å²) in [5.74, 6) is 1.10. The van der Waals surface area contributed by atoms with E-state index in [1.807, 2.05) is 7.05 Å². The molecule has 15 heavy (non-hydrogen) atoms. The van der Waals surface area contributed by atoms with Crippen molar-refractivity contribution in [3.63, 3.8) is 0 Å². The fourth-order valence-electron chi connectivity index (χ4n) is 2.02. The van der Waals surface area contributed by atoms with E-state index in [4.69, 9.17) is 4.98 Å². The van der Waals surface area contributed by atoms with Gasteiger partial charge in [-0.3, -0.25) is 0 Å². The fourth-order valence-corrected chi connectivity index (χ4v) is 2.02. The van der Waals surface area contributed by atoms with Crippen molar-refractivity contribution < 1.29 is 0 Å². The first-order chi connectivity index (χ1) is 7.31. The second kappa shape index (κ2) is 4.62. The Balaban J connectivity index is 2.08. The molecule has 0 bridgehead atoms.